The number of carbonyl (C=O) groups excluding carboxylic acids is 1. The Labute approximate surface area is 118 Å². The third-order valence-electron chi connectivity index (χ3n) is 3.67. The van der Waals surface area contributed by atoms with Gasteiger partial charge in [-0.1, -0.05) is 0 Å². The van der Waals surface area contributed by atoms with Gasteiger partial charge in [0.25, 0.3) is 5.91 Å². The average molecular weight is 283 g/mol. The van der Waals surface area contributed by atoms with Gasteiger partial charge in [-0.3, -0.25) is 9.48 Å². The highest BCUT2D eigenvalue weighted by atomic mass is 16.5. The van der Waals surface area contributed by atoms with E-state index in [4.69, 9.17) is 9.47 Å². The monoisotopic (exact) mass is 283 g/mol. The standard InChI is InChI=1S/C13H21N3O4/c1-4-16-6-9(5-14-16)13(18)15(2)10-7-20-8-11(19-3)12(10)17/h5-6,10-12,17H,4,7-8H2,1-3H3/t10-,11-,12+/m1/s1. The van der Waals surface area contributed by atoms with Crippen LogP contribution in [-0.4, -0.2) is 71.3 Å². The van der Waals surface area contributed by atoms with Crippen LogP contribution in [0.4, 0.5) is 0 Å². The quantitative estimate of drug-likeness (QED) is 0.824. The highest BCUT2D eigenvalue weighted by molar-refractivity contribution is 5.93. The van der Waals surface area contributed by atoms with Crippen molar-refractivity contribution in [2.75, 3.05) is 27.4 Å². The predicted octanol–water partition coefficient (Wildman–Crippen LogP) is -0.250. The second-order valence-electron chi connectivity index (χ2n) is 4.87. The van der Waals surface area contributed by atoms with Gasteiger partial charge < -0.3 is 19.5 Å². The van der Waals surface area contributed by atoms with Gasteiger partial charge in [0, 0.05) is 26.9 Å². The zero-order chi connectivity index (χ0) is 14.7. The normalized spacial score (nSPS) is 26.5. The Morgan fingerprint density at radius 3 is 3.00 bits per heavy atom. The SMILES string of the molecule is CCn1cc(C(=O)N(C)[C@@H]2COC[C@@H](OC)[C@H]2O)cn1. The van der Waals surface area contributed by atoms with E-state index < -0.39 is 18.2 Å². The lowest BCUT2D eigenvalue weighted by Gasteiger charge is -2.38. The Kier molecular flexibility index (Phi) is 4.74. The smallest absolute Gasteiger partial charge is 0.257 e. The van der Waals surface area contributed by atoms with Crippen LogP contribution in [0.5, 0.6) is 0 Å². The molecular formula is C13H21N3O4. The minimum atomic E-state index is -0.760. The van der Waals surface area contributed by atoms with Crippen LogP contribution in [0, 0.1) is 0 Å². The predicted molar refractivity (Wildman–Crippen MR) is 71.4 cm³/mol. The minimum absolute atomic E-state index is 0.186. The molecule has 2 rings (SSSR count). The molecule has 1 N–H and O–H groups in total. The third-order valence-corrected chi connectivity index (χ3v) is 3.67. The van der Waals surface area contributed by atoms with E-state index in [1.807, 2.05) is 6.92 Å². The molecule has 1 aromatic heterocycles. The van der Waals surface area contributed by atoms with Crippen LogP contribution in [0.15, 0.2) is 12.4 Å². The van der Waals surface area contributed by atoms with Crippen molar-refractivity contribution in [2.45, 2.75) is 31.7 Å². The van der Waals surface area contributed by atoms with Crippen molar-refractivity contribution in [3.63, 3.8) is 0 Å². The van der Waals surface area contributed by atoms with E-state index in [2.05, 4.69) is 5.10 Å². The van der Waals surface area contributed by atoms with Crippen molar-refractivity contribution in [3.8, 4) is 0 Å². The Morgan fingerprint density at radius 2 is 2.40 bits per heavy atom. The van der Waals surface area contributed by atoms with Gasteiger partial charge in [0.05, 0.1) is 31.0 Å². The first-order valence-electron chi connectivity index (χ1n) is 6.66. The second-order valence-corrected chi connectivity index (χ2v) is 4.87. The fraction of sp³-hybridized carbons (Fsp3) is 0.692. The van der Waals surface area contributed by atoms with Crippen LogP contribution < -0.4 is 0 Å². The molecule has 7 heteroatoms. The molecule has 1 fully saturated rings. The molecule has 0 spiro atoms. The van der Waals surface area contributed by atoms with Crippen molar-refractivity contribution in [1.82, 2.24) is 14.7 Å². The molecular weight excluding hydrogens is 262 g/mol. The fourth-order valence-electron chi connectivity index (χ4n) is 2.30. The summed E-state index contributed by atoms with van der Waals surface area (Å²) >= 11 is 0. The summed E-state index contributed by atoms with van der Waals surface area (Å²) in [4.78, 5) is 13.9. The first kappa shape index (κ1) is 15.0. The minimum Gasteiger partial charge on any atom is -0.388 e. The highest BCUT2D eigenvalue weighted by Gasteiger charge is 2.37. The van der Waals surface area contributed by atoms with Gasteiger partial charge >= 0.3 is 0 Å². The summed E-state index contributed by atoms with van der Waals surface area (Å²) in [5, 5.41) is 14.3. The lowest BCUT2D eigenvalue weighted by Crippen LogP contribution is -2.56. The Hall–Kier alpha value is -1.44. The van der Waals surface area contributed by atoms with Gasteiger partial charge in [0.1, 0.15) is 12.2 Å². The van der Waals surface area contributed by atoms with Crippen LogP contribution in [-0.2, 0) is 16.0 Å². The molecule has 7 nitrogen and oxygen atoms in total. The number of amides is 1. The molecule has 1 amide bonds. The molecule has 1 aromatic rings. The van der Waals surface area contributed by atoms with Gasteiger partial charge in [-0.15, -0.1) is 0 Å². The van der Waals surface area contributed by atoms with Crippen LogP contribution in [0.25, 0.3) is 0 Å². The molecule has 1 saturated heterocycles. The summed E-state index contributed by atoms with van der Waals surface area (Å²) in [5.41, 5.74) is 0.501. The summed E-state index contributed by atoms with van der Waals surface area (Å²) in [6.07, 6.45) is 2.06. The fourth-order valence-corrected chi connectivity index (χ4v) is 2.30. The number of aliphatic hydroxyl groups excluding tert-OH is 1. The summed E-state index contributed by atoms with van der Waals surface area (Å²) in [6.45, 7) is 3.29. The van der Waals surface area contributed by atoms with E-state index in [-0.39, 0.29) is 5.91 Å². The molecule has 0 saturated carbocycles. The van der Waals surface area contributed by atoms with Gasteiger partial charge in [-0.25, -0.2) is 0 Å². The topological polar surface area (TPSA) is 76.8 Å². The van der Waals surface area contributed by atoms with Gasteiger partial charge in [0.2, 0.25) is 0 Å². The lowest BCUT2D eigenvalue weighted by molar-refractivity contribution is -0.135. The van der Waals surface area contributed by atoms with Crippen LogP contribution in [0.2, 0.25) is 0 Å². The van der Waals surface area contributed by atoms with Crippen molar-refractivity contribution < 1.29 is 19.4 Å². The third kappa shape index (κ3) is 2.84. The largest absolute Gasteiger partial charge is 0.388 e. The number of aromatic nitrogens is 2. The molecule has 0 unspecified atom stereocenters. The Bertz CT molecular complexity index is 462. The maximum absolute atomic E-state index is 12.4. The van der Waals surface area contributed by atoms with Gasteiger partial charge in [0.15, 0.2) is 0 Å². The Morgan fingerprint density at radius 1 is 1.65 bits per heavy atom. The number of likely N-dealkylation sites (N-methyl/N-ethyl adjacent to an activating group) is 1. The molecule has 20 heavy (non-hydrogen) atoms. The molecule has 0 bridgehead atoms. The van der Waals surface area contributed by atoms with E-state index in [1.54, 1.807) is 17.9 Å². The van der Waals surface area contributed by atoms with Crippen LogP contribution in [0.1, 0.15) is 17.3 Å². The molecule has 0 aromatic carbocycles. The number of carbonyl (C=O) groups is 1. The number of methoxy groups -OCH3 is 1. The summed E-state index contributed by atoms with van der Waals surface area (Å²) in [5.74, 6) is -0.186. The van der Waals surface area contributed by atoms with Gasteiger partial charge in [-0.05, 0) is 6.92 Å². The first-order valence-corrected chi connectivity index (χ1v) is 6.66. The lowest BCUT2D eigenvalue weighted by atomic mass is 10.0. The van der Waals surface area contributed by atoms with Gasteiger partial charge in [-0.2, -0.15) is 5.10 Å². The molecule has 2 heterocycles. The summed E-state index contributed by atoms with van der Waals surface area (Å²) in [7, 11) is 3.17. The molecule has 0 aliphatic carbocycles. The first-order chi connectivity index (χ1) is 9.58. The molecule has 0 radical (unpaired) electrons. The molecule has 3 atom stereocenters. The number of ether oxygens (including phenoxy) is 2. The number of nitrogens with zero attached hydrogens (tertiary/aromatic N) is 3. The summed E-state index contributed by atoms with van der Waals surface area (Å²) < 4.78 is 12.2. The maximum atomic E-state index is 12.4. The number of hydrogen-bond acceptors (Lipinski definition) is 5. The zero-order valence-corrected chi connectivity index (χ0v) is 12.0. The van der Waals surface area contributed by atoms with Crippen LogP contribution in [0.3, 0.4) is 0 Å². The van der Waals surface area contributed by atoms with Crippen LogP contribution >= 0.6 is 0 Å². The van der Waals surface area contributed by atoms with E-state index >= 15 is 0 Å². The molecule has 1 aliphatic rings. The molecule has 112 valence electrons. The van der Waals surface area contributed by atoms with Crippen molar-refractivity contribution in [1.29, 1.82) is 0 Å². The number of hydrogen-bond donors (Lipinski definition) is 1. The van der Waals surface area contributed by atoms with Crippen molar-refractivity contribution in [2.24, 2.45) is 0 Å². The Balaban J connectivity index is 2.09. The van der Waals surface area contributed by atoms with E-state index in [0.717, 1.165) is 0 Å². The number of aryl methyl sites for hydroxylation is 1. The zero-order valence-electron chi connectivity index (χ0n) is 12.0. The van der Waals surface area contributed by atoms with E-state index in [9.17, 15) is 9.90 Å². The van der Waals surface area contributed by atoms with Crippen molar-refractivity contribution >= 4 is 5.91 Å². The second kappa shape index (κ2) is 6.34. The average Bonchev–Trinajstić information content (AvgIpc) is 2.95. The highest BCUT2D eigenvalue weighted by Crippen LogP contribution is 2.17. The number of rotatable bonds is 4. The molecule has 1 aliphatic heterocycles. The van der Waals surface area contributed by atoms with E-state index in [1.165, 1.54) is 18.2 Å². The van der Waals surface area contributed by atoms with Crippen molar-refractivity contribution in [3.05, 3.63) is 18.0 Å². The maximum Gasteiger partial charge on any atom is 0.257 e. The van der Waals surface area contributed by atoms with E-state index in [0.29, 0.717) is 25.3 Å². The summed E-state index contributed by atoms with van der Waals surface area (Å²) in [6, 6.07) is -0.425. The number of aliphatic hydroxyl groups is 1.